The molecule has 1 aliphatic rings. The number of halogens is 4. The molecule has 0 unspecified atom stereocenters. The first kappa shape index (κ1) is 25.9. The van der Waals surface area contributed by atoms with Gasteiger partial charge in [0.15, 0.2) is 0 Å². The number of amides is 1. The van der Waals surface area contributed by atoms with Crippen LogP contribution < -0.4 is 4.90 Å². The van der Waals surface area contributed by atoms with Gasteiger partial charge in [-0.25, -0.2) is 4.98 Å². The fourth-order valence-electron chi connectivity index (χ4n) is 4.58. The number of nitrogens with zero attached hydrogens (tertiary/aromatic N) is 7. The van der Waals surface area contributed by atoms with E-state index >= 15 is 0 Å². The van der Waals surface area contributed by atoms with Crippen LogP contribution in [0.3, 0.4) is 0 Å². The van der Waals surface area contributed by atoms with Crippen LogP contribution in [0.5, 0.6) is 0 Å². The molecule has 1 saturated heterocycles. The fraction of sp³-hybridized carbons (Fsp3) is 0.192. The maximum absolute atomic E-state index is 13.6. The van der Waals surface area contributed by atoms with Crippen molar-refractivity contribution in [1.29, 1.82) is 0 Å². The van der Waals surface area contributed by atoms with Crippen molar-refractivity contribution < 1.29 is 9.32 Å². The zero-order chi connectivity index (χ0) is 27.3. The van der Waals surface area contributed by atoms with Crippen molar-refractivity contribution in [2.75, 3.05) is 31.1 Å². The summed E-state index contributed by atoms with van der Waals surface area (Å²) in [5.41, 5.74) is 2.76. The van der Waals surface area contributed by atoms with E-state index in [9.17, 15) is 4.79 Å². The molecule has 0 aliphatic carbocycles. The van der Waals surface area contributed by atoms with Crippen molar-refractivity contribution >= 4 is 64.0 Å². The Bertz CT molecular complexity index is 1710. The Morgan fingerprint density at radius 1 is 0.923 bits per heavy atom. The number of benzene rings is 2. The van der Waals surface area contributed by atoms with Crippen LogP contribution in [-0.4, -0.2) is 61.7 Å². The van der Waals surface area contributed by atoms with Gasteiger partial charge in [0, 0.05) is 43.5 Å². The maximum atomic E-state index is 13.6. The second kappa shape index (κ2) is 10.3. The molecule has 0 atom stereocenters. The Labute approximate surface area is 242 Å². The molecule has 39 heavy (non-hydrogen) atoms. The van der Waals surface area contributed by atoms with E-state index in [1.165, 1.54) is 0 Å². The molecule has 2 aromatic carbocycles. The summed E-state index contributed by atoms with van der Waals surface area (Å²) in [5.74, 6) is 1.17. The number of piperazine rings is 1. The molecule has 1 amide bonds. The predicted octanol–water partition coefficient (Wildman–Crippen LogP) is 6.33. The summed E-state index contributed by atoms with van der Waals surface area (Å²) in [6.45, 7) is 3.64. The molecule has 1 aliphatic heterocycles. The van der Waals surface area contributed by atoms with Crippen molar-refractivity contribution in [3.05, 3.63) is 80.1 Å². The third-order valence-corrected chi connectivity index (χ3v) is 7.94. The summed E-state index contributed by atoms with van der Waals surface area (Å²) in [6, 6.07) is 12.4. The molecule has 1 fully saturated rings. The van der Waals surface area contributed by atoms with Crippen LogP contribution in [0.1, 0.15) is 16.1 Å². The quantitative estimate of drug-likeness (QED) is 0.237. The van der Waals surface area contributed by atoms with E-state index in [-0.39, 0.29) is 5.91 Å². The highest BCUT2D eigenvalue weighted by atomic mass is 35.5. The minimum absolute atomic E-state index is 0.203. The Kier molecular flexibility index (Phi) is 6.84. The first-order chi connectivity index (χ1) is 18.8. The smallest absolute Gasteiger partial charge is 0.259 e. The van der Waals surface area contributed by atoms with Gasteiger partial charge in [-0.1, -0.05) is 63.7 Å². The lowest BCUT2D eigenvalue weighted by atomic mass is 10.0. The molecule has 5 aromatic rings. The number of hydrogen-bond donors (Lipinski definition) is 0. The van der Waals surface area contributed by atoms with E-state index in [0.717, 1.165) is 11.3 Å². The van der Waals surface area contributed by atoms with Crippen molar-refractivity contribution in [3.8, 4) is 22.5 Å². The molecule has 0 saturated carbocycles. The number of carbonyl (C=O) groups is 1. The first-order valence-electron chi connectivity index (χ1n) is 11.9. The van der Waals surface area contributed by atoms with Crippen molar-refractivity contribution in [1.82, 2.24) is 29.6 Å². The number of rotatable bonds is 4. The Morgan fingerprint density at radius 3 is 2.38 bits per heavy atom. The van der Waals surface area contributed by atoms with Crippen LogP contribution in [0.4, 0.5) is 5.95 Å². The third-order valence-electron chi connectivity index (χ3n) is 6.57. The van der Waals surface area contributed by atoms with Gasteiger partial charge in [0.05, 0.1) is 25.8 Å². The van der Waals surface area contributed by atoms with Gasteiger partial charge >= 0.3 is 0 Å². The van der Waals surface area contributed by atoms with Gasteiger partial charge in [0.2, 0.25) is 5.95 Å². The van der Waals surface area contributed by atoms with Crippen molar-refractivity contribution in [3.63, 3.8) is 0 Å². The number of hydrogen-bond acceptors (Lipinski definition) is 7. The summed E-state index contributed by atoms with van der Waals surface area (Å²) >= 11 is 25.1. The van der Waals surface area contributed by atoms with Gasteiger partial charge in [-0.3, -0.25) is 4.79 Å². The Hall–Kier alpha value is -3.37. The van der Waals surface area contributed by atoms with Crippen molar-refractivity contribution in [2.45, 2.75) is 6.92 Å². The normalized spacial score (nSPS) is 13.9. The van der Waals surface area contributed by atoms with Crippen LogP contribution in [0.15, 0.2) is 53.2 Å². The van der Waals surface area contributed by atoms with E-state index in [4.69, 9.17) is 56.0 Å². The van der Waals surface area contributed by atoms with E-state index in [0.29, 0.717) is 80.6 Å². The van der Waals surface area contributed by atoms with Crippen molar-refractivity contribution in [2.24, 2.45) is 0 Å². The number of aryl methyl sites for hydroxylation is 1. The van der Waals surface area contributed by atoms with Crippen LogP contribution in [0.2, 0.25) is 20.1 Å². The van der Waals surface area contributed by atoms with Gasteiger partial charge < -0.3 is 14.3 Å². The molecule has 9 nitrogen and oxygen atoms in total. The summed E-state index contributed by atoms with van der Waals surface area (Å²) in [7, 11) is 0. The molecule has 0 spiro atoms. The lowest BCUT2D eigenvalue weighted by Gasteiger charge is -2.34. The molecule has 0 N–H and O–H groups in total. The SMILES string of the molecule is Cc1onc(-c2c(Cl)cccc2Cl)c1C(=O)N1CCN(c2nc3nccc(-c4ccc(Cl)c(Cl)c4)n3n2)CC1. The number of fused-ring (bicyclic) bond motifs is 1. The predicted molar refractivity (Wildman–Crippen MR) is 151 cm³/mol. The van der Waals surface area contributed by atoms with Gasteiger partial charge in [0.25, 0.3) is 11.7 Å². The molecule has 4 heterocycles. The molecule has 13 heteroatoms. The summed E-state index contributed by atoms with van der Waals surface area (Å²) in [5, 5.41) is 10.5. The lowest BCUT2D eigenvalue weighted by Crippen LogP contribution is -2.49. The highest BCUT2D eigenvalue weighted by Crippen LogP contribution is 2.37. The van der Waals surface area contributed by atoms with E-state index in [1.807, 2.05) is 17.0 Å². The first-order valence-corrected chi connectivity index (χ1v) is 13.4. The molecular formula is C26H19Cl4N7O2. The standard InChI is InChI=1S/C26H19Cl4N7O2/c1-14-21(23(34-39-14)22-17(28)3-2-4-18(22)29)24(38)35-9-11-36(12-10-35)26-32-25-31-8-7-20(37(25)33-26)15-5-6-16(27)19(30)13-15/h2-8,13H,9-12H2,1H3. The average molecular weight is 603 g/mol. The van der Waals surface area contributed by atoms with Gasteiger partial charge in [-0.05, 0) is 37.3 Å². The average Bonchev–Trinajstić information content (AvgIpc) is 3.53. The summed E-state index contributed by atoms with van der Waals surface area (Å²) < 4.78 is 7.06. The maximum Gasteiger partial charge on any atom is 0.259 e. The second-order valence-electron chi connectivity index (χ2n) is 8.92. The zero-order valence-electron chi connectivity index (χ0n) is 20.4. The molecule has 0 radical (unpaired) electrons. The number of anilines is 1. The molecule has 198 valence electrons. The summed E-state index contributed by atoms with van der Waals surface area (Å²) in [4.78, 5) is 26.3. The summed E-state index contributed by atoms with van der Waals surface area (Å²) in [6.07, 6.45) is 1.67. The zero-order valence-corrected chi connectivity index (χ0v) is 23.4. The van der Waals surface area contributed by atoms with E-state index in [2.05, 4.69) is 15.1 Å². The van der Waals surface area contributed by atoms with Crippen LogP contribution in [0, 0.1) is 6.92 Å². The number of aromatic nitrogens is 5. The van der Waals surface area contributed by atoms with Gasteiger partial charge in [-0.2, -0.15) is 9.50 Å². The Morgan fingerprint density at radius 2 is 1.67 bits per heavy atom. The minimum Gasteiger partial charge on any atom is -0.360 e. The molecule has 0 bridgehead atoms. The van der Waals surface area contributed by atoms with Gasteiger partial charge in [-0.15, -0.1) is 5.10 Å². The third kappa shape index (κ3) is 4.69. The number of carbonyl (C=O) groups excluding carboxylic acids is 1. The monoisotopic (exact) mass is 601 g/mol. The lowest BCUT2D eigenvalue weighted by molar-refractivity contribution is 0.0745. The van der Waals surface area contributed by atoms with Crippen LogP contribution in [-0.2, 0) is 0 Å². The van der Waals surface area contributed by atoms with Crippen LogP contribution in [0.25, 0.3) is 28.3 Å². The largest absolute Gasteiger partial charge is 0.360 e. The van der Waals surface area contributed by atoms with E-state index in [1.54, 1.807) is 52.9 Å². The highest BCUT2D eigenvalue weighted by Gasteiger charge is 2.31. The van der Waals surface area contributed by atoms with Crippen LogP contribution >= 0.6 is 46.4 Å². The molecule has 6 rings (SSSR count). The Balaban J connectivity index is 1.23. The topological polar surface area (TPSA) is 92.7 Å². The van der Waals surface area contributed by atoms with Gasteiger partial charge in [0.1, 0.15) is 17.0 Å². The fourth-order valence-corrected chi connectivity index (χ4v) is 5.45. The highest BCUT2D eigenvalue weighted by molar-refractivity contribution is 6.42. The van der Waals surface area contributed by atoms with E-state index < -0.39 is 0 Å². The molecular weight excluding hydrogens is 584 g/mol. The molecule has 3 aromatic heterocycles. The minimum atomic E-state index is -0.203. The second-order valence-corrected chi connectivity index (χ2v) is 10.5.